The van der Waals surface area contributed by atoms with E-state index in [1.807, 2.05) is 12.1 Å². The van der Waals surface area contributed by atoms with Gasteiger partial charge in [0.05, 0.1) is 19.2 Å². The van der Waals surface area contributed by atoms with Crippen molar-refractivity contribution in [2.24, 2.45) is 17.8 Å². The number of benzene rings is 1. The van der Waals surface area contributed by atoms with Crippen LogP contribution in [-0.2, 0) is 11.3 Å². The Hall–Kier alpha value is -1.93. The molecule has 0 atom stereocenters. The zero-order valence-corrected chi connectivity index (χ0v) is 17.0. The van der Waals surface area contributed by atoms with E-state index in [4.69, 9.17) is 0 Å². The van der Waals surface area contributed by atoms with Crippen molar-refractivity contribution in [3.8, 4) is 6.07 Å². The van der Waals surface area contributed by atoms with Gasteiger partial charge >= 0.3 is 0 Å². The number of carbonyl (C=O) groups excluding carboxylic acids is 1. The van der Waals surface area contributed by atoms with Crippen LogP contribution in [0.15, 0.2) is 24.3 Å². The molecule has 0 heterocycles. The van der Waals surface area contributed by atoms with Gasteiger partial charge in [-0.2, -0.15) is 5.26 Å². The van der Waals surface area contributed by atoms with Crippen molar-refractivity contribution < 1.29 is 9.18 Å². The SMILES string of the molecule is N#CCN(CC(=O)N(Cc1ccc(F)cc1)C12CC3CC(CC(C3)C1)C2)C1CC1. The molecule has 4 bridgehead atoms. The van der Waals surface area contributed by atoms with Crippen LogP contribution in [0.3, 0.4) is 0 Å². The van der Waals surface area contributed by atoms with E-state index in [-0.39, 0.29) is 17.3 Å². The van der Waals surface area contributed by atoms with Gasteiger partial charge in [0.15, 0.2) is 0 Å². The van der Waals surface area contributed by atoms with Gasteiger partial charge in [0.25, 0.3) is 0 Å². The van der Waals surface area contributed by atoms with Crippen LogP contribution in [0.5, 0.6) is 0 Å². The highest BCUT2D eigenvalue weighted by molar-refractivity contribution is 5.79. The second kappa shape index (κ2) is 7.40. The summed E-state index contributed by atoms with van der Waals surface area (Å²) >= 11 is 0. The highest BCUT2D eigenvalue weighted by atomic mass is 19.1. The van der Waals surface area contributed by atoms with Crippen LogP contribution >= 0.6 is 0 Å². The molecule has 0 unspecified atom stereocenters. The predicted octanol–water partition coefficient (Wildman–Crippen LogP) is 4.11. The van der Waals surface area contributed by atoms with Crippen LogP contribution < -0.4 is 0 Å². The Bertz CT molecular complexity index is 775. The number of rotatable bonds is 7. The molecule has 5 aliphatic carbocycles. The van der Waals surface area contributed by atoms with Gasteiger partial charge in [0, 0.05) is 18.1 Å². The number of hydrogen-bond acceptors (Lipinski definition) is 3. The number of nitrogens with zero attached hydrogens (tertiary/aromatic N) is 3. The molecule has 0 spiro atoms. The average Bonchev–Trinajstić information content (AvgIpc) is 3.51. The maximum atomic E-state index is 13.6. The highest BCUT2D eigenvalue weighted by Crippen LogP contribution is 2.58. The number of nitriles is 1. The normalized spacial score (nSPS) is 32.4. The van der Waals surface area contributed by atoms with Crippen LogP contribution in [0.25, 0.3) is 0 Å². The average molecular weight is 396 g/mol. The molecule has 29 heavy (non-hydrogen) atoms. The van der Waals surface area contributed by atoms with Gasteiger partial charge in [-0.05, 0) is 86.8 Å². The van der Waals surface area contributed by atoms with Crippen molar-refractivity contribution in [1.29, 1.82) is 5.26 Å². The maximum absolute atomic E-state index is 13.6. The van der Waals surface area contributed by atoms with E-state index in [1.165, 1.54) is 31.4 Å². The molecular formula is C24H30FN3O. The molecule has 5 fully saturated rings. The first-order valence-electron chi connectivity index (χ1n) is 11.2. The van der Waals surface area contributed by atoms with E-state index in [1.54, 1.807) is 0 Å². The summed E-state index contributed by atoms with van der Waals surface area (Å²) in [5, 5.41) is 9.20. The van der Waals surface area contributed by atoms with Gasteiger partial charge < -0.3 is 4.90 Å². The summed E-state index contributed by atoms with van der Waals surface area (Å²) in [6.07, 6.45) is 9.53. The molecule has 1 aromatic carbocycles. The van der Waals surface area contributed by atoms with Crippen LogP contribution in [0.2, 0.25) is 0 Å². The molecule has 1 aromatic rings. The van der Waals surface area contributed by atoms with E-state index < -0.39 is 0 Å². The Morgan fingerprint density at radius 3 is 2.17 bits per heavy atom. The first-order valence-corrected chi connectivity index (χ1v) is 11.2. The Morgan fingerprint density at radius 2 is 1.66 bits per heavy atom. The van der Waals surface area contributed by atoms with E-state index in [9.17, 15) is 14.4 Å². The van der Waals surface area contributed by atoms with Crippen molar-refractivity contribution in [1.82, 2.24) is 9.80 Å². The summed E-state index contributed by atoms with van der Waals surface area (Å²) in [6.45, 7) is 1.21. The topological polar surface area (TPSA) is 47.3 Å². The zero-order valence-electron chi connectivity index (χ0n) is 17.0. The minimum absolute atomic E-state index is 0.0396. The van der Waals surface area contributed by atoms with E-state index >= 15 is 0 Å². The van der Waals surface area contributed by atoms with Crippen molar-refractivity contribution in [3.05, 3.63) is 35.6 Å². The molecule has 1 amide bonds. The molecule has 5 heteroatoms. The summed E-state index contributed by atoms with van der Waals surface area (Å²) in [5.41, 5.74) is 0.955. The molecule has 6 rings (SSSR count). The van der Waals surface area contributed by atoms with Gasteiger partial charge in [0.1, 0.15) is 5.82 Å². The third-order valence-electron chi connectivity index (χ3n) is 7.81. The Labute approximate surface area is 172 Å². The van der Waals surface area contributed by atoms with Crippen molar-refractivity contribution in [2.75, 3.05) is 13.1 Å². The third-order valence-corrected chi connectivity index (χ3v) is 7.81. The lowest BCUT2D eigenvalue weighted by atomic mass is 9.52. The summed E-state index contributed by atoms with van der Waals surface area (Å²) in [7, 11) is 0. The summed E-state index contributed by atoms with van der Waals surface area (Å²) in [6, 6.07) is 9.23. The summed E-state index contributed by atoms with van der Waals surface area (Å²) < 4.78 is 13.4. The van der Waals surface area contributed by atoms with Gasteiger partial charge in [-0.15, -0.1) is 0 Å². The van der Waals surface area contributed by atoms with Gasteiger partial charge in [-0.3, -0.25) is 9.69 Å². The number of hydrogen-bond donors (Lipinski definition) is 0. The molecule has 0 saturated heterocycles. The molecule has 0 N–H and O–H groups in total. The van der Waals surface area contributed by atoms with Gasteiger partial charge in [-0.1, -0.05) is 12.1 Å². The van der Waals surface area contributed by atoms with Crippen LogP contribution in [-0.4, -0.2) is 40.4 Å². The van der Waals surface area contributed by atoms with E-state index in [0.717, 1.165) is 55.4 Å². The monoisotopic (exact) mass is 395 g/mol. The van der Waals surface area contributed by atoms with Crippen molar-refractivity contribution in [2.45, 2.75) is 69.5 Å². The zero-order chi connectivity index (χ0) is 20.0. The van der Waals surface area contributed by atoms with Crippen LogP contribution in [0, 0.1) is 34.9 Å². The lowest BCUT2D eigenvalue weighted by Gasteiger charge is -2.60. The molecule has 0 aromatic heterocycles. The van der Waals surface area contributed by atoms with Crippen molar-refractivity contribution >= 4 is 5.91 Å². The summed E-state index contributed by atoms with van der Waals surface area (Å²) in [5.74, 6) is 2.17. The minimum Gasteiger partial charge on any atom is -0.332 e. The first kappa shape index (κ1) is 19.1. The van der Waals surface area contributed by atoms with Crippen LogP contribution in [0.4, 0.5) is 4.39 Å². The Balaban J connectivity index is 1.42. The fourth-order valence-corrected chi connectivity index (χ4v) is 6.79. The lowest BCUT2D eigenvalue weighted by molar-refractivity contribution is -0.153. The highest BCUT2D eigenvalue weighted by Gasteiger charge is 2.54. The Morgan fingerprint density at radius 1 is 1.07 bits per heavy atom. The van der Waals surface area contributed by atoms with Crippen molar-refractivity contribution in [3.63, 3.8) is 0 Å². The number of amides is 1. The van der Waals surface area contributed by atoms with Crippen LogP contribution in [0.1, 0.15) is 56.9 Å². The molecule has 5 saturated carbocycles. The minimum atomic E-state index is -0.240. The second-order valence-electron chi connectivity index (χ2n) is 10.0. The maximum Gasteiger partial charge on any atom is 0.237 e. The fraction of sp³-hybridized carbons (Fsp3) is 0.667. The first-order chi connectivity index (χ1) is 14.0. The molecule has 154 valence electrons. The largest absolute Gasteiger partial charge is 0.332 e. The Kier molecular flexibility index (Phi) is 4.86. The van der Waals surface area contributed by atoms with Gasteiger partial charge in [-0.25, -0.2) is 4.39 Å². The predicted molar refractivity (Wildman–Crippen MR) is 108 cm³/mol. The van der Waals surface area contributed by atoms with Gasteiger partial charge in [0.2, 0.25) is 5.91 Å². The number of carbonyl (C=O) groups is 1. The molecule has 4 nitrogen and oxygen atoms in total. The lowest BCUT2D eigenvalue weighted by Crippen LogP contribution is -2.62. The molecule has 5 aliphatic rings. The quantitative estimate of drug-likeness (QED) is 0.653. The molecular weight excluding hydrogens is 365 g/mol. The summed E-state index contributed by atoms with van der Waals surface area (Å²) in [4.78, 5) is 17.9. The molecule has 0 radical (unpaired) electrons. The second-order valence-corrected chi connectivity index (χ2v) is 10.0. The molecule has 0 aliphatic heterocycles. The standard InChI is InChI=1S/C24H30FN3O/c25-21-3-1-17(2-4-21)15-28(23(29)16-27(8-7-26)22-5-6-22)24-12-18-9-19(13-24)11-20(10-18)14-24/h1-4,18-20,22H,5-6,8-16H2. The fourth-order valence-electron chi connectivity index (χ4n) is 6.79. The smallest absolute Gasteiger partial charge is 0.237 e. The van der Waals surface area contributed by atoms with E-state index in [0.29, 0.717) is 25.7 Å². The third kappa shape index (κ3) is 3.80. The number of halogens is 1. The van der Waals surface area contributed by atoms with E-state index in [2.05, 4.69) is 15.9 Å².